The Hall–Kier alpha value is -0.0700. The molecular formula is C6H8N2NaO2S+. The first kappa shape index (κ1) is 11.9. The standard InChI is InChI=1S/C6H8N2O2S.Na/c7-5-1-3-6(4-2-5)11(8,9)10;/h1-4H,7H2,(H2,8,9,10);/q;+1. The topological polar surface area (TPSA) is 86.2 Å². The molecule has 0 aliphatic carbocycles. The summed E-state index contributed by atoms with van der Waals surface area (Å²) in [5, 5.41) is 4.84. The first-order chi connectivity index (χ1) is 5.00. The van der Waals surface area contributed by atoms with E-state index in [0.717, 1.165) is 0 Å². The normalized spacial score (nSPS) is 10.4. The van der Waals surface area contributed by atoms with Crippen LogP contribution in [-0.4, -0.2) is 8.42 Å². The van der Waals surface area contributed by atoms with E-state index in [1.165, 1.54) is 24.3 Å². The van der Waals surface area contributed by atoms with E-state index in [4.69, 9.17) is 10.9 Å². The SMILES string of the molecule is Nc1ccc(S(N)(=O)=O)cc1.[Na+]. The maximum absolute atomic E-state index is 10.7. The Bertz CT molecular complexity index is 346. The molecule has 0 heterocycles. The van der Waals surface area contributed by atoms with Gasteiger partial charge >= 0.3 is 29.6 Å². The largest absolute Gasteiger partial charge is 1.00 e. The summed E-state index contributed by atoms with van der Waals surface area (Å²) < 4.78 is 21.4. The number of anilines is 1. The molecule has 0 bridgehead atoms. The van der Waals surface area contributed by atoms with E-state index in [1.54, 1.807) is 0 Å². The molecule has 0 aliphatic heterocycles. The van der Waals surface area contributed by atoms with Gasteiger partial charge in [0, 0.05) is 5.69 Å². The van der Waals surface area contributed by atoms with Crippen molar-refractivity contribution < 1.29 is 38.0 Å². The van der Waals surface area contributed by atoms with Crippen LogP contribution in [0.2, 0.25) is 0 Å². The van der Waals surface area contributed by atoms with Crippen LogP contribution >= 0.6 is 0 Å². The van der Waals surface area contributed by atoms with Gasteiger partial charge in [0.15, 0.2) is 0 Å². The fraction of sp³-hybridized carbons (Fsp3) is 0. The summed E-state index contributed by atoms with van der Waals surface area (Å²) in [6.07, 6.45) is 0. The van der Waals surface area contributed by atoms with E-state index >= 15 is 0 Å². The summed E-state index contributed by atoms with van der Waals surface area (Å²) in [5.74, 6) is 0. The predicted octanol–water partition coefficient (Wildman–Crippen LogP) is -3.08. The van der Waals surface area contributed by atoms with E-state index in [0.29, 0.717) is 5.69 Å². The molecule has 12 heavy (non-hydrogen) atoms. The van der Waals surface area contributed by atoms with E-state index in [9.17, 15) is 8.42 Å². The molecule has 0 atom stereocenters. The van der Waals surface area contributed by atoms with Crippen molar-refractivity contribution in [1.82, 2.24) is 0 Å². The summed E-state index contributed by atoms with van der Waals surface area (Å²) in [4.78, 5) is 0.0756. The predicted molar refractivity (Wildman–Crippen MR) is 42.2 cm³/mol. The van der Waals surface area contributed by atoms with E-state index < -0.39 is 10.0 Å². The molecule has 0 fully saturated rings. The van der Waals surface area contributed by atoms with Crippen LogP contribution in [0, 0.1) is 0 Å². The number of nitrogen functional groups attached to an aromatic ring is 1. The van der Waals surface area contributed by atoms with E-state index in [2.05, 4.69) is 0 Å². The number of sulfonamides is 1. The summed E-state index contributed by atoms with van der Waals surface area (Å²) in [5.41, 5.74) is 5.85. The van der Waals surface area contributed by atoms with Gasteiger partial charge < -0.3 is 5.73 Å². The molecule has 0 unspecified atom stereocenters. The van der Waals surface area contributed by atoms with Crippen LogP contribution in [0.25, 0.3) is 0 Å². The van der Waals surface area contributed by atoms with Crippen LogP contribution < -0.4 is 40.4 Å². The number of rotatable bonds is 1. The van der Waals surface area contributed by atoms with Crippen LogP contribution in [-0.2, 0) is 10.0 Å². The molecule has 6 heteroatoms. The van der Waals surface area contributed by atoms with Crippen molar-refractivity contribution in [2.45, 2.75) is 4.90 Å². The van der Waals surface area contributed by atoms with Gasteiger partial charge in [0.1, 0.15) is 0 Å². The summed E-state index contributed by atoms with van der Waals surface area (Å²) in [6, 6.07) is 5.70. The number of hydrogen-bond donors (Lipinski definition) is 2. The molecule has 0 radical (unpaired) electrons. The maximum atomic E-state index is 10.7. The maximum Gasteiger partial charge on any atom is 1.00 e. The van der Waals surface area contributed by atoms with Crippen molar-refractivity contribution in [3.8, 4) is 0 Å². The van der Waals surface area contributed by atoms with Crippen LogP contribution in [0.4, 0.5) is 5.69 Å². The second kappa shape index (κ2) is 4.25. The van der Waals surface area contributed by atoms with Crippen LogP contribution in [0.1, 0.15) is 0 Å². The first-order valence-corrected chi connectivity index (χ1v) is 4.43. The molecule has 0 saturated carbocycles. The molecule has 4 N–H and O–H groups in total. The van der Waals surface area contributed by atoms with Gasteiger partial charge in [-0.25, -0.2) is 13.6 Å². The Kier molecular flexibility index (Phi) is 4.22. The van der Waals surface area contributed by atoms with Gasteiger partial charge in [0.25, 0.3) is 0 Å². The molecule has 0 saturated heterocycles. The fourth-order valence-corrected chi connectivity index (χ4v) is 1.17. The van der Waals surface area contributed by atoms with Crippen LogP contribution in [0.5, 0.6) is 0 Å². The Morgan fingerprint density at radius 2 is 1.50 bits per heavy atom. The summed E-state index contributed by atoms with van der Waals surface area (Å²) >= 11 is 0. The van der Waals surface area contributed by atoms with Crippen molar-refractivity contribution in [3.63, 3.8) is 0 Å². The summed E-state index contributed by atoms with van der Waals surface area (Å²) in [7, 11) is -3.58. The third-order valence-electron chi connectivity index (χ3n) is 1.21. The first-order valence-electron chi connectivity index (χ1n) is 2.88. The number of primary sulfonamides is 1. The van der Waals surface area contributed by atoms with Gasteiger partial charge in [-0.05, 0) is 24.3 Å². The Morgan fingerprint density at radius 3 is 1.83 bits per heavy atom. The van der Waals surface area contributed by atoms with Crippen molar-refractivity contribution >= 4 is 15.7 Å². The number of benzene rings is 1. The molecule has 0 aliphatic rings. The zero-order valence-electron chi connectivity index (χ0n) is 6.69. The molecule has 0 aromatic heterocycles. The quantitative estimate of drug-likeness (QED) is 0.368. The minimum atomic E-state index is -3.58. The minimum absolute atomic E-state index is 0. The summed E-state index contributed by atoms with van der Waals surface area (Å²) in [6.45, 7) is 0. The van der Waals surface area contributed by atoms with Crippen LogP contribution in [0.15, 0.2) is 29.2 Å². The van der Waals surface area contributed by atoms with Crippen molar-refractivity contribution in [3.05, 3.63) is 24.3 Å². The molecule has 1 aromatic rings. The second-order valence-electron chi connectivity index (χ2n) is 2.11. The zero-order valence-corrected chi connectivity index (χ0v) is 9.51. The number of hydrogen-bond acceptors (Lipinski definition) is 3. The third kappa shape index (κ3) is 3.12. The van der Waals surface area contributed by atoms with E-state index in [1.807, 2.05) is 0 Å². The van der Waals surface area contributed by atoms with Crippen LogP contribution in [0.3, 0.4) is 0 Å². The van der Waals surface area contributed by atoms with Gasteiger partial charge in [-0.15, -0.1) is 0 Å². The molecule has 0 amide bonds. The Labute approximate surface area is 93.3 Å². The molecule has 0 spiro atoms. The average Bonchev–Trinajstić information content (AvgIpc) is 1.86. The third-order valence-corrected chi connectivity index (χ3v) is 2.14. The molecular weight excluding hydrogens is 187 g/mol. The van der Waals surface area contributed by atoms with Crippen molar-refractivity contribution in [2.75, 3.05) is 5.73 Å². The minimum Gasteiger partial charge on any atom is -0.399 e. The second-order valence-corrected chi connectivity index (χ2v) is 3.68. The average molecular weight is 195 g/mol. The van der Waals surface area contributed by atoms with Gasteiger partial charge in [-0.3, -0.25) is 0 Å². The smallest absolute Gasteiger partial charge is 0.399 e. The van der Waals surface area contributed by atoms with Gasteiger partial charge in [0.2, 0.25) is 10.0 Å². The van der Waals surface area contributed by atoms with Crippen molar-refractivity contribution in [2.24, 2.45) is 5.14 Å². The van der Waals surface area contributed by atoms with Crippen molar-refractivity contribution in [1.29, 1.82) is 0 Å². The molecule has 60 valence electrons. The Balaban J connectivity index is 0.00000121. The van der Waals surface area contributed by atoms with E-state index in [-0.39, 0.29) is 34.5 Å². The zero-order chi connectivity index (χ0) is 8.48. The van der Waals surface area contributed by atoms with Gasteiger partial charge in [-0.2, -0.15) is 0 Å². The fourth-order valence-electron chi connectivity index (χ4n) is 0.658. The van der Waals surface area contributed by atoms with Gasteiger partial charge in [0.05, 0.1) is 4.90 Å². The Morgan fingerprint density at radius 1 is 1.08 bits per heavy atom. The monoisotopic (exact) mass is 195 g/mol. The molecule has 1 rings (SSSR count). The molecule has 4 nitrogen and oxygen atoms in total. The molecule has 1 aromatic carbocycles. The number of nitrogens with two attached hydrogens (primary N) is 2. The van der Waals surface area contributed by atoms with Gasteiger partial charge in [-0.1, -0.05) is 0 Å².